The van der Waals surface area contributed by atoms with Crippen molar-refractivity contribution in [1.82, 2.24) is 14.8 Å². The van der Waals surface area contributed by atoms with E-state index in [0.29, 0.717) is 0 Å². The highest BCUT2D eigenvalue weighted by Crippen LogP contribution is 2.29. The van der Waals surface area contributed by atoms with Crippen LogP contribution < -0.4 is 0 Å². The molecule has 19 heavy (non-hydrogen) atoms. The molecule has 0 aliphatic rings. The molecule has 0 aliphatic heterocycles. The van der Waals surface area contributed by atoms with E-state index in [2.05, 4.69) is 10.1 Å². The van der Waals surface area contributed by atoms with Crippen molar-refractivity contribution in [2.75, 3.05) is 0 Å². The Labute approximate surface area is 108 Å². The molecule has 0 radical (unpaired) electrons. The molecule has 2 atom stereocenters. The molecule has 0 bridgehead atoms. The van der Waals surface area contributed by atoms with Gasteiger partial charge in [-0.3, -0.25) is 0 Å². The summed E-state index contributed by atoms with van der Waals surface area (Å²) in [6.07, 6.45) is 1.22. The Hall–Kier alpha value is -1.86. The average Bonchev–Trinajstić information content (AvgIpc) is 2.84. The molecule has 5 nitrogen and oxygen atoms in total. The first-order valence-electron chi connectivity index (χ1n) is 5.62. The van der Waals surface area contributed by atoms with Crippen LogP contribution in [0.5, 0.6) is 0 Å². The molecular formula is C12H13F2N3O2. The number of nitrogens with zero attached hydrogens (tertiary/aromatic N) is 3. The fourth-order valence-corrected chi connectivity index (χ4v) is 1.83. The normalized spacial score (nSPS) is 16.1. The molecule has 1 heterocycles. The molecule has 7 heteroatoms. The third kappa shape index (κ3) is 2.61. The molecule has 0 aliphatic carbocycles. The topological polar surface area (TPSA) is 71.2 Å². The van der Waals surface area contributed by atoms with Gasteiger partial charge < -0.3 is 10.2 Å². The molecule has 102 valence electrons. The maximum atomic E-state index is 13.8. The van der Waals surface area contributed by atoms with Crippen molar-refractivity contribution in [3.63, 3.8) is 0 Å². The van der Waals surface area contributed by atoms with Crippen LogP contribution in [0.2, 0.25) is 0 Å². The highest BCUT2D eigenvalue weighted by molar-refractivity contribution is 5.26. The molecule has 0 unspecified atom stereocenters. The molecule has 0 amide bonds. The Morgan fingerprint density at radius 3 is 2.74 bits per heavy atom. The number of aromatic nitrogens is 3. The van der Waals surface area contributed by atoms with Crippen LogP contribution in [0.15, 0.2) is 30.9 Å². The summed E-state index contributed by atoms with van der Waals surface area (Å²) in [4.78, 5) is 3.69. The van der Waals surface area contributed by atoms with Crippen LogP contribution in [0.25, 0.3) is 0 Å². The fourth-order valence-electron chi connectivity index (χ4n) is 1.83. The van der Waals surface area contributed by atoms with Gasteiger partial charge in [0.1, 0.15) is 29.9 Å². The van der Waals surface area contributed by atoms with E-state index in [1.165, 1.54) is 24.3 Å². The smallest absolute Gasteiger partial charge is 0.138 e. The van der Waals surface area contributed by atoms with Crippen molar-refractivity contribution in [1.29, 1.82) is 0 Å². The van der Waals surface area contributed by atoms with Gasteiger partial charge in [-0.15, -0.1) is 0 Å². The molecule has 2 N–H and O–H groups in total. The molecule has 0 fully saturated rings. The second-order valence-electron chi connectivity index (χ2n) is 4.32. The van der Waals surface area contributed by atoms with Crippen molar-refractivity contribution in [3.05, 3.63) is 48.1 Å². The van der Waals surface area contributed by atoms with E-state index in [1.54, 1.807) is 0 Å². The third-order valence-electron chi connectivity index (χ3n) is 2.96. The SMILES string of the molecule is C[C@H](O)[C@@](O)(Cn1cncn1)c1cc(F)ccc1F. The fraction of sp³-hybridized carbons (Fsp3) is 0.333. The van der Waals surface area contributed by atoms with E-state index >= 15 is 0 Å². The highest BCUT2D eigenvalue weighted by Gasteiger charge is 2.38. The van der Waals surface area contributed by atoms with Gasteiger partial charge in [0, 0.05) is 5.56 Å². The largest absolute Gasteiger partial charge is 0.390 e. The molecule has 1 aromatic carbocycles. The van der Waals surface area contributed by atoms with Gasteiger partial charge in [-0.2, -0.15) is 5.10 Å². The molecule has 1 aromatic heterocycles. The summed E-state index contributed by atoms with van der Waals surface area (Å²) < 4.78 is 28.2. The summed E-state index contributed by atoms with van der Waals surface area (Å²) >= 11 is 0. The minimum atomic E-state index is -2.00. The zero-order chi connectivity index (χ0) is 14.0. The maximum absolute atomic E-state index is 13.8. The van der Waals surface area contributed by atoms with E-state index in [4.69, 9.17) is 0 Å². The first-order chi connectivity index (χ1) is 8.93. The van der Waals surface area contributed by atoms with Gasteiger partial charge in [0.25, 0.3) is 0 Å². The lowest BCUT2D eigenvalue weighted by Gasteiger charge is -2.31. The van der Waals surface area contributed by atoms with Crippen LogP contribution in [0.3, 0.4) is 0 Å². The third-order valence-corrected chi connectivity index (χ3v) is 2.96. The van der Waals surface area contributed by atoms with Crippen LogP contribution >= 0.6 is 0 Å². The van der Waals surface area contributed by atoms with E-state index in [9.17, 15) is 19.0 Å². The monoisotopic (exact) mass is 269 g/mol. The number of rotatable bonds is 4. The first kappa shape index (κ1) is 13.6. The predicted octanol–water partition coefficient (Wildman–Crippen LogP) is 0.825. The predicted molar refractivity (Wildman–Crippen MR) is 62.0 cm³/mol. The van der Waals surface area contributed by atoms with Crippen molar-refractivity contribution < 1.29 is 19.0 Å². The average molecular weight is 269 g/mol. The quantitative estimate of drug-likeness (QED) is 0.862. The van der Waals surface area contributed by atoms with Crippen molar-refractivity contribution >= 4 is 0 Å². The molecule has 0 saturated heterocycles. The lowest BCUT2D eigenvalue weighted by Crippen LogP contribution is -2.42. The van der Waals surface area contributed by atoms with Gasteiger partial charge >= 0.3 is 0 Å². The summed E-state index contributed by atoms with van der Waals surface area (Å²) in [5, 5.41) is 24.0. The van der Waals surface area contributed by atoms with Gasteiger partial charge in [0.05, 0.1) is 12.6 Å². The zero-order valence-electron chi connectivity index (χ0n) is 10.2. The minimum absolute atomic E-state index is 0.245. The Balaban J connectivity index is 2.46. The van der Waals surface area contributed by atoms with Crippen molar-refractivity contribution in [2.24, 2.45) is 0 Å². The van der Waals surface area contributed by atoms with E-state index < -0.39 is 23.3 Å². The maximum Gasteiger partial charge on any atom is 0.138 e. The second kappa shape index (κ2) is 5.02. The van der Waals surface area contributed by atoms with E-state index in [1.807, 2.05) is 0 Å². The number of hydrogen-bond acceptors (Lipinski definition) is 4. The molecular weight excluding hydrogens is 256 g/mol. The number of aliphatic hydroxyl groups is 2. The molecule has 0 saturated carbocycles. The number of halogens is 2. The lowest BCUT2D eigenvalue weighted by molar-refractivity contribution is -0.0875. The Morgan fingerprint density at radius 2 is 2.16 bits per heavy atom. The number of hydrogen-bond donors (Lipinski definition) is 2. The van der Waals surface area contributed by atoms with E-state index in [0.717, 1.165) is 18.2 Å². The summed E-state index contributed by atoms with van der Waals surface area (Å²) in [6, 6.07) is 2.70. The van der Waals surface area contributed by atoms with Gasteiger partial charge in [0.15, 0.2) is 0 Å². The number of benzene rings is 1. The van der Waals surface area contributed by atoms with E-state index in [-0.39, 0.29) is 12.1 Å². The summed E-state index contributed by atoms with van der Waals surface area (Å²) in [6.45, 7) is 1.05. The van der Waals surface area contributed by atoms with Gasteiger partial charge in [-0.25, -0.2) is 18.4 Å². The second-order valence-corrected chi connectivity index (χ2v) is 4.32. The van der Waals surface area contributed by atoms with Crippen LogP contribution in [0.4, 0.5) is 8.78 Å². The zero-order valence-corrected chi connectivity index (χ0v) is 10.2. The van der Waals surface area contributed by atoms with Crippen molar-refractivity contribution in [3.8, 4) is 0 Å². The standard InChI is InChI=1S/C12H13F2N3O2/c1-8(18)12(19,5-17-7-15-6-16-17)10-4-9(13)2-3-11(10)14/h2-4,6-8,18-19H,5H2,1H3/t8-,12-/m0/s1. The van der Waals surface area contributed by atoms with Crippen LogP contribution in [-0.2, 0) is 12.1 Å². The van der Waals surface area contributed by atoms with Crippen LogP contribution in [0.1, 0.15) is 12.5 Å². The highest BCUT2D eigenvalue weighted by atomic mass is 19.1. The molecule has 0 spiro atoms. The Bertz CT molecular complexity index is 560. The number of aliphatic hydroxyl groups excluding tert-OH is 1. The van der Waals surface area contributed by atoms with Crippen LogP contribution in [0, 0.1) is 11.6 Å². The van der Waals surface area contributed by atoms with Gasteiger partial charge in [0.2, 0.25) is 0 Å². The first-order valence-corrected chi connectivity index (χ1v) is 5.62. The van der Waals surface area contributed by atoms with Gasteiger partial charge in [-0.1, -0.05) is 0 Å². The lowest BCUT2D eigenvalue weighted by atomic mass is 9.88. The Morgan fingerprint density at radius 1 is 1.42 bits per heavy atom. The summed E-state index contributed by atoms with van der Waals surface area (Å²) in [5.74, 6) is -1.50. The Kier molecular flexibility index (Phi) is 3.59. The summed E-state index contributed by atoms with van der Waals surface area (Å²) in [7, 11) is 0. The van der Waals surface area contributed by atoms with Crippen LogP contribution in [-0.4, -0.2) is 31.1 Å². The molecule has 2 aromatic rings. The van der Waals surface area contributed by atoms with Gasteiger partial charge in [-0.05, 0) is 25.1 Å². The molecule has 2 rings (SSSR count). The summed E-state index contributed by atoms with van der Waals surface area (Å²) in [5.41, 5.74) is -2.32. The van der Waals surface area contributed by atoms with Crippen molar-refractivity contribution in [2.45, 2.75) is 25.2 Å². The minimum Gasteiger partial charge on any atom is -0.390 e.